The van der Waals surface area contributed by atoms with Gasteiger partial charge in [-0.25, -0.2) is 17.5 Å². The summed E-state index contributed by atoms with van der Waals surface area (Å²) < 4.78 is 57.8. The lowest BCUT2D eigenvalue weighted by Crippen LogP contribution is -2.38. The average Bonchev–Trinajstić information content (AvgIpc) is 3.58. The Morgan fingerprint density at radius 3 is 2.24 bits per heavy atom. The zero-order valence-electron chi connectivity index (χ0n) is 23.1. The summed E-state index contributed by atoms with van der Waals surface area (Å²) in [5.41, 5.74) is 10.2. The highest BCUT2D eigenvalue weighted by Crippen LogP contribution is 2.38. The van der Waals surface area contributed by atoms with Gasteiger partial charge < -0.3 is 15.8 Å². The Labute approximate surface area is 241 Å². The van der Waals surface area contributed by atoms with E-state index >= 15 is 0 Å². The van der Waals surface area contributed by atoms with Crippen molar-refractivity contribution < 1.29 is 36.3 Å². The van der Waals surface area contributed by atoms with Crippen LogP contribution in [0.2, 0.25) is 0 Å². The molecule has 1 saturated heterocycles. The number of aromatic amines is 1. The number of aliphatic carboxylic acids is 1. The number of rotatable bonds is 9. The largest absolute Gasteiger partial charge is 0.490 e. The van der Waals surface area contributed by atoms with Gasteiger partial charge in [0.05, 0.1) is 16.8 Å². The number of benzene rings is 1. The van der Waals surface area contributed by atoms with Gasteiger partial charge >= 0.3 is 12.1 Å². The molecule has 0 radical (unpaired) electrons. The number of nitrogens with zero attached hydrogens (tertiary/aromatic N) is 2. The minimum absolute atomic E-state index is 0.132. The number of sulfonamides is 1. The van der Waals surface area contributed by atoms with E-state index in [1.807, 2.05) is 12.3 Å². The van der Waals surface area contributed by atoms with Crippen molar-refractivity contribution in [1.82, 2.24) is 14.2 Å². The number of amides is 1. The van der Waals surface area contributed by atoms with E-state index in [0.717, 1.165) is 60.1 Å². The van der Waals surface area contributed by atoms with Crippen LogP contribution in [-0.4, -0.2) is 77.7 Å². The first-order valence-corrected chi connectivity index (χ1v) is 15.7. The number of hydrogen-bond acceptors (Lipinski definition) is 6. The van der Waals surface area contributed by atoms with E-state index in [2.05, 4.69) is 41.2 Å². The van der Waals surface area contributed by atoms with Crippen LogP contribution in [0, 0.1) is 0 Å². The van der Waals surface area contributed by atoms with E-state index in [4.69, 9.17) is 15.6 Å². The predicted molar refractivity (Wildman–Crippen MR) is 153 cm³/mol. The van der Waals surface area contributed by atoms with Crippen molar-refractivity contribution in [3.63, 3.8) is 0 Å². The van der Waals surface area contributed by atoms with Gasteiger partial charge in [-0.3, -0.25) is 9.69 Å². The maximum atomic E-state index is 12.3. The smallest absolute Gasteiger partial charge is 0.475 e. The number of H-pyrrole nitrogens is 1. The number of primary amides is 1. The third-order valence-corrected chi connectivity index (χ3v) is 10.0. The molecule has 0 spiro atoms. The molecule has 1 aliphatic rings. The fourth-order valence-electron chi connectivity index (χ4n) is 4.86. The van der Waals surface area contributed by atoms with Gasteiger partial charge in [0.1, 0.15) is 0 Å². The number of carbonyl (C=O) groups is 2. The number of halogens is 3. The molecule has 1 fully saturated rings. The molecule has 0 saturated carbocycles. The molecule has 1 amide bonds. The van der Waals surface area contributed by atoms with Crippen LogP contribution in [0.5, 0.6) is 0 Å². The van der Waals surface area contributed by atoms with Crippen LogP contribution < -0.4 is 5.73 Å². The zero-order chi connectivity index (χ0) is 30.5. The SMILES string of the molecule is CCN(CC)Cc1cc(-c2cc(C(N)=O)c3[nH]cc(C4CCN(S(=O)(=O)CC)CC4)c3c2)cs1.O=C(O)C(F)(F)F. The summed E-state index contributed by atoms with van der Waals surface area (Å²) in [6.07, 6.45) is -1.60. The summed E-state index contributed by atoms with van der Waals surface area (Å²) in [4.78, 5) is 28.2. The van der Waals surface area contributed by atoms with Crippen LogP contribution in [0.1, 0.15) is 60.3 Å². The van der Waals surface area contributed by atoms with Crippen LogP contribution in [0.25, 0.3) is 22.0 Å². The number of hydrogen-bond donors (Lipinski definition) is 3. The van der Waals surface area contributed by atoms with Gasteiger partial charge in [0, 0.05) is 36.1 Å². The maximum absolute atomic E-state index is 12.3. The lowest BCUT2D eigenvalue weighted by atomic mass is 9.88. The number of carbonyl (C=O) groups excluding carboxylic acids is 1. The van der Waals surface area contributed by atoms with Gasteiger partial charge in [0.25, 0.3) is 5.91 Å². The fourth-order valence-corrected chi connectivity index (χ4v) is 6.93. The van der Waals surface area contributed by atoms with E-state index in [1.54, 1.807) is 22.6 Å². The van der Waals surface area contributed by atoms with Crippen molar-refractivity contribution in [1.29, 1.82) is 0 Å². The van der Waals surface area contributed by atoms with Crippen LogP contribution in [0.15, 0.2) is 29.8 Å². The van der Waals surface area contributed by atoms with E-state index in [1.165, 1.54) is 4.88 Å². The summed E-state index contributed by atoms with van der Waals surface area (Å²) in [5, 5.41) is 10.3. The molecule has 226 valence electrons. The third-order valence-electron chi connectivity index (χ3n) is 7.24. The van der Waals surface area contributed by atoms with Gasteiger partial charge in [-0.05, 0) is 79.0 Å². The normalized spacial score (nSPS) is 15.2. The first-order chi connectivity index (χ1) is 19.2. The molecule has 41 heavy (non-hydrogen) atoms. The number of aromatic nitrogens is 1. The summed E-state index contributed by atoms with van der Waals surface area (Å²) in [7, 11) is -3.17. The Morgan fingerprint density at radius 2 is 1.73 bits per heavy atom. The predicted octanol–water partition coefficient (Wildman–Crippen LogP) is 5.00. The first-order valence-electron chi connectivity index (χ1n) is 13.2. The van der Waals surface area contributed by atoms with Gasteiger partial charge in [0.15, 0.2) is 0 Å². The lowest BCUT2D eigenvalue weighted by molar-refractivity contribution is -0.192. The van der Waals surface area contributed by atoms with Crippen molar-refractivity contribution in [2.45, 2.75) is 52.3 Å². The maximum Gasteiger partial charge on any atom is 0.490 e. The summed E-state index contributed by atoms with van der Waals surface area (Å²) >= 11 is 1.73. The van der Waals surface area contributed by atoms with Crippen molar-refractivity contribution in [3.8, 4) is 11.1 Å². The highest BCUT2D eigenvalue weighted by atomic mass is 32.2. The second-order valence-corrected chi connectivity index (χ2v) is 12.9. The Balaban J connectivity index is 0.000000587. The van der Waals surface area contributed by atoms with Crippen LogP contribution in [0.3, 0.4) is 0 Å². The van der Waals surface area contributed by atoms with Crippen molar-refractivity contribution in [2.75, 3.05) is 31.9 Å². The standard InChI is InChI=1S/C25H34N4O3S2.C2HF3O2/c1-4-28(5-2)15-20-11-19(16-33-20)18-12-21-23(14-27-24(21)22(13-18)25(26)30)17-7-9-29(10-8-17)34(31,32)6-3;3-2(4,5)1(6)7/h11-14,16-17,27H,4-10,15H2,1-3H3,(H2,26,30);(H,6,7). The molecule has 3 heterocycles. The molecule has 0 aliphatic carbocycles. The van der Waals surface area contributed by atoms with Gasteiger partial charge in [-0.2, -0.15) is 13.2 Å². The van der Waals surface area contributed by atoms with Crippen molar-refractivity contribution in [3.05, 3.63) is 45.8 Å². The molecule has 4 rings (SSSR count). The van der Waals surface area contributed by atoms with Crippen LogP contribution in [0.4, 0.5) is 13.2 Å². The van der Waals surface area contributed by atoms with E-state index in [0.29, 0.717) is 18.7 Å². The average molecular weight is 617 g/mol. The second kappa shape index (κ2) is 13.4. The molecule has 1 aliphatic heterocycles. The number of piperidine rings is 1. The number of carboxylic acids is 1. The molecule has 0 atom stereocenters. The molecular weight excluding hydrogens is 581 g/mol. The van der Waals surface area contributed by atoms with Crippen LogP contribution in [-0.2, 0) is 21.4 Å². The number of fused-ring (bicyclic) bond motifs is 1. The Kier molecular flexibility index (Phi) is 10.6. The summed E-state index contributed by atoms with van der Waals surface area (Å²) in [6, 6.07) is 6.23. The second-order valence-electron chi connectivity index (χ2n) is 9.69. The van der Waals surface area contributed by atoms with Gasteiger partial charge in [-0.1, -0.05) is 13.8 Å². The molecule has 1 aromatic carbocycles. The highest BCUT2D eigenvalue weighted by molar-refractivity contribution is 7.89. The molecule has 0 bridgehead atoms. The molecule has 2 aromatic heterocycles. The number of nitrogens with two attached hydrogens (primary N) is 1. The van der Waals surface area contributed by atoms with Crippen molar-refractivity contribution in [2.24, 2.45) is 5.73 Å². The third kappa shape index (κ3) is 7.87. The lowest BCUT2D eigenvalue weighted by Gasteiger charge is -2.31. The molecule has 0 unspecified atom stereocenters. The highest BCUT2D eigenvalue weighted by Gasteiger charge is 2.38. The van der Waals surface area contributed by atoms with E-state index in [9.17, 15) is 26.4 Å². The molecule has 14 heteroatoms. The van der Waals surface area contributed by atoms with E-state index in [-0.39, 0.29) is 11.7 Å². The first kappa shape index (κ1) is 32.6. The number of nitrogens with one attached hydrogen (secondary N) is 1. The Morgan fingerprint density at radius 1 is 1.12 bits per heavy atom. The van der Waals surface area contributed by atoms with Gasteiger partial charge in [-0.15, -0.1) is 11.3 Å². The van der Waals surface area contributed by atoms with Crippen molar-refractivity contribution >= 4 is 44.1 Å². The monoisotopic (exact) mass is 616 g/mol. The summed E-state index contributed by atoms with van der Waals surface area (Å²) in [5.74, 6) is -2.85. The Hall–Kier alpha value is -2.94. The molecular formula is C27H35F3N4O5S2. The molecule has 4 N–H and O–H groups in total. The minimum atomic E-state index is -5.08. The number of alkyl halides is 3. The van der Waals surface area contributed by atoms with E-state index < -0.39 is 28.1 Å². The fraction of sp³-hybridized carbons (Fsp3) is 0.481. The molecule has 3 aromatic rings. The number of carboxylic acid groups (broad SMARTS) is 1. The van der Waals surface area contributed by atoms with Crippen LogP contribution >= 0.6 is 11.3 Å². The topological polar surface area (TPSA) is 137 Å². The number of thiophene rings is 1. The zero-order valence-corrected chi connectivity index (χ0v) is 24.8. The minimum Gasteiger partial charge on any atom is -0.475 e. The van der Waals surface area contributed by atoms with Gasteiger partial charge in [0.2, 0.25) is 10.0 Å². The molecule has 9 nitrogen and oxygen atoms in total. The quantitative estimate of drug-likeness (QED) is 0.310. The summed E-state index contributed by atoms with van der Waals surface area (Å²) in [6.45, 7) is 9.99. The Bertz CT molecular complexity index is 1470.